The second kappa shape index (κ2) is 6.44. The number of rotatable bonds is 4. The summed E-state index contributed by atoms with van der Waals surface area (Å²) in [6, 6.07) is 3.74. The van der Waals surface area contributed by atoms with Crippen LogP contribution in [0, 0.1) is 10.1 Å². The predicted molar refractivity (Wildman–Crippen MR) is 96.1 cm³/mol. The van der Waals surface area contributed by atoms with Crippen LogP contribution in [-0.2, 0) is 19.2 Å². The van der Waals surface area contributed by atoms with Gasteiger partial charge in [-0.2, -0.15) is 0 Å². The number of ether oxygens (including phenoxy) is 1. The molecule has 152 valence electrons. The van der Waals surface area contributed by atoms with Crippen molar-refractivity contribution in [2.45, 2.75) is 30.0 Å². The molecule has 4 atom stereocenters. The number of carbonyl (C=O) groups excluding carboxylic acids is 4. The predicted octanol–water partition coefficient (Wildman–Crippen LogP) is 0.0749. The molecule has 2 fully saturated rings. The van der Waals surface area contributed by atoms with Gasteiger partial charge in [-0.3, -0.25) is 19.3 Å². The van der Waals surface area contributed by atoms with E-state index in [-0.39, 0.29) is 16.9 Å². The topological polar surface area (TPSA) is 136 Å². The first-order valence-corrected chi connectivity index (χ1v) is 9.58. The van der Waals surface area contributed by atoms with Crippen LogP contribution in [0.25, 0.3) is 0 Å². The third kappa shape index (κ3) is 2.58. The SMILES string of the molecule is COC(=O)[C@@H]1N2C(=O)[C@@H](N3C(=O)c4ccccc4C3=O)[C@H]2SC[C@@]1(C)O[N+](=O)[O-]. The highest BCUT2D eigenvalue weighted by atomic mass is 32.2. The lowest BCUT2D eigenvalue weighted by atomic mass is 9.90. The number of carbonyl (C=O) groups is 4. The molecule has 4 rings (SSSR count). The highest BCUT2D eigenvalue weighted by molar-refractivity contribution is 8.00. The molecule has 29 heavy (non-hydrogen) atoms. The van der Waals surface area contributed by atoms with E-state index in [1.165, 1.54) is 19.1 Å². The normalized spacial score (nSPS) is 30.4. The Morgan fingerprint density at radius 3 is 2.34 bits per heavy atom. The van der Waals surface area contributed by atoms with Crippen LogP contribution in [0.1, 0.15) is 27.6 Å². The van der Waals surface area contributed by atoms with Gasteiger partial charge in [0.05, 0.1) is 18.2 Å². The number of methoxy groups -OCH3 is 1. The maximum absolute atomic E-state index is 13.0. The van der Waals surface area contributed by atoms with Gasteiger partial charge in [-0.25, -0.2) is 4.79 Å². The van der Waals surface area contributed by atoms with Crippen molar-refractivity contribution in [1.82, 2.24) is 9.80 Å². The molecule has 0 unspecified atom stereocenters. The number of benzene rings is 1. The monoisotopic (exact) mass is 421 g/mol. The quantitative estimate of drug-likeness (QED) is 0.217. The number of amides is 3. The Labute approximate surface area is 168 Å². The van der Waals surface area contributed by atoms with Crippen LogP contribution in [0.3, 0.4) is 0 Å². The van der Waals surface area contributed by atoms with Crippen LogP contribution in [0.5, 0.6) is 0 Å². The second-order valence-electron chi connectivity index (χ2n) is 6.97. The summed E-state index contributed by atoms with van der Waals surface area (Å²) in [5.41, 5.74) is -1.23. The fourth-order valence-electron chi connectivity index (χ4n) is 3.96. The lowest BCUT2D eigenvalue weighted by Crippen LogP contribution is -2.79. The van der Waals surface area contributed by atoms with Crippen LogP contribution >= 0.6 is 11.8 Å². The van der Waals surface area contributed by atoms with Crippen molar-refractivity contribution in [3.05, 3.63) is 45.5 Å². The highest BCUT2D eigenvalue weighted by Gasteiger charge is 2.66. The van der Waals surface area contributed by atoms with Gasteiger partial charge in [0, 0.05) is 5.75 Å². The zero-order valence-electron chi connectivity index (χ0n) is 15.3. The summed E-state index contributed by atoms with van der Waals surface area (Å²) < 4.78 is 4.73. The van der Waals surface area contributed by atoms with E-state index in [1.54, 1.807) is 12.1 Å². The molecule has 0 spiro atoms. The van der Waals surface area contributed by atoms with Gasteiger partial charge in [-0.05, 0) is 19.1 Å². The second-order valence-corrected chi connectivity index (χ2v) is 8.08. The molecule has 12 heteroatoms. The summed E-state index contributed by atoms with van der Waals surface area (Å²) in [5, 5.41) is 9.16. The Morgan fingerprint density at radius 2 is 1.83 bits per heavy atom. The van der Waals surface area contributed by atoms with Crippen LogP contribution in [0.15, 0.2) is 24.3 Å². The average molecular weight is 421 g/mol. The Kier molecular flexibility index (Phi) is 4.26. The number of thioether (sulfide) groups is 1. The van der Waals surface area contributed by atoms with Crippen molar-refractivity contribution in [1.29, 1.82) is 0 Å². The van der Waals surface area contributed by atoms with E-state index in [9.17, 15) is 29.3 Å². The molecule has 0 saturated carbocycles. The van der Waals surface area contributed by atoms with Crippen molar-refractivity contribution >= 4 is 35.5 Å². The molecule has 0 radical (unpaired) electrons. The number of fused-ring (bicyclic) bond motifs is 2. The van der Waals surface area contributed by atoms with Crippen molar-refractivity contribution < 1.29 is 33.8 Å². The van der Waals surface area contributed by atoms with E-state index in [1.807, 2.05) is 0 Å². The molecule has 1 aromatic rings. The van der Waals surface area contributed by atoms with Gasteiger partial charge in [-0.1, -0.05) is 12.1 Å². The first kappa shape index (κ1) is 19.2. The fourth-order valence-corrected chi connectivity index (χ4v) is 5.48. The van der Waals surface area contributed by atoms with Gasteiger partial charge >= 0.3 is 5.97 Å². The number of nitrogens with zero attached hydrogens (tertiary/aromatic N) is 3. The largest absolute Gasteiger partial charge is 0.467 e. The molecule has 1 aromatic carbocycles. The van der Waals surface area contributed by atoms with E-state index < -0.39 is 51.8 Å². The molecule has 3 heterocycles. The number of esters is 1. The first-order chi connectivity index (χ1) is 13.7. The van der Waals surface area contributed by atoms with Gasteiger partial charge in [0.1, 0.15) is 11.4 Å². The Hall–Kier alpha value is -3.15. The van der Waals surface area contributed by atoms with Gasteiger partial charge in [0.15, 0.2) is 11.6 Å². The van der Waals surface area contributed by atoms with Crippen molar-refractivity contribution in [3.63, 3.8) is 0 Å². The molecular weight excluding hydrogens is 406 g/mol. The van der Waals surface area contributed by atoms with Crippen molar-refractivity contribution in [2.24, 2.45) is 0 Å². The van der Waals surface area contributed by atoms with Gasteiger partial charge < -0.3 is 14.5 Å². The van der Waals surface area contributed by atoms with Crippen LogP contribution in [0.2, 0.25) is 0 Å². The van der Waals surface area contributed by atoms with Crippen LogP contribution in [0.4, 0.5) is 0 Å². The summed E-state index contributed by atoms with van der Waals surface area (Å²) in [4.78, 5) is 68.4. The molecule has 2 saturated heterocycles. The van der Waals surface area contributed by atoms with Crippen molar-refractivity contribution in [2.75, 3.05) is 12.9 Å². The highest BCUT2D eigenvalue weighted by Crippen LogP contribution is 2.47. The summed E-state index contributed by atoms with van der Waals surface area (Å²) in [6.07, 6.45) is 0. The molecule has 3 aliphatic heterocycles. The van der Waals surface area contributed by atoms with E-state index in [0.717, 1.165) is 28.7 Å². The lowest BCUT2D eigenvalue weighted by molar-refractivity contribution is -0.779. The number of hydrogen-bond acceptors (Lipinski definition) is 9. The van der Waals surface area contributed by atoms with Gasteiger partial charge in [-0.15, -0.1) is 21.9 Å². The lowest BCUT2D eigenvalue weighted by Gasteiger charge is -2.57. The standard InChI is InChI=1S/C17H15N3O8S/c1-17(28-20(25)26)7-29-15-10(14(23)19(15)11(17)16(24)27-2)18-12(21)8-5-3-4-6-9(8)13(18)22/h3-6,10-11,15H,7H2,1-2H3/t10-,11+,15-,17-/m1/s1. The number of β-lactam (4-membered cyclic amide) rings is 1. The van der Waals surface area contributed by atoms with E-state index in [2.05, 4.69) is 0 Å². The molecule has 0 aromatic heterocycles. The zero-order chi connectivity index (χ0) is 21.1. The molecule has 0 bridgehead atoms. The number of imide groups is 1. The smallest absolute Gasteiger partial charge is 0.331 e. The molecular formula is C17H15N3O8S. The van der Waals surface area contributed by atoms with E-state index in [0.29, 0.717) is 0 Å². The minimum absolute atomic E-state index is 0.0259. The Morgan fingerprint density at radius 1 is 1.24 bits per heavy atom. The maximum Gasteiger partial charge on any atom is 0.331 e. The summed E-state index contributed by atoms with van der Waals surface area (Å²) >= 11 is 1.10. The third-order valence-corrected chi connectivity index (χ3v) is 6.83. The van der Waals surface area contributed by atoms with Crippen LogP contribution in [-0.4, -0.2) is 74.5 Å². The molecule has 11 nitrogen and oxygen atoms in total. The van der Waals surface area contributed by atoms with E-state index in [4.69, 9.17) is 9.57 Å². The Bertz CT molecular complexity index is 933. The average Bonchev–Trinajstić information content (AvgIpc) is 2.92. The van der Waals surface area contributed by atoms with Crippen molar-refractivity contribution in [3.8, 4) is 0 Å². The summed E-state index contributed by atoms with van der Waals surface area (Å²) in [6.45, 7) is 1.34. The zero-order valence-corrected chi connectivity index (χ0v) is 16.1. The maximum atomic E-state index is 13.0. The van der Waals surface area contributed by atoms with Crippen LogP contribution < -0.4 is 0 Å². The molecule has 3 amide bonds. The minimum atomic E-state index is -1.64. The van der Waals surface area contributed by atoms with E-state index >= 15 is 0 Å². The summed E-state index contributed by atoms with van der Waals surface area (Å²) in [5.74, 6) is -2.76. The van der Waals surface area contributed by atoms with Gasteiger partial charge in [0.25, 0.3) is 22.8 Å². The van der Waals surface area contributed by atoms with Gasteiger partial charge in [0.2, 0.25) is 0 Å². The molecule has 0 aliphatic carbocycles. The summed E-state index contributed by atoms with van der Waals surface area (Å²) in [7, 11) is 1.09. The molecule has 3 aliphatic rings. The fraction of sp³-hybridized carbons (Fsp3) is 0.412. The number of hydrogen-bond donors (Lipinski definition) is 0. The molecule has 0 N–H and O–H groups in total. The first-order valence-electron chi connectivity index (χ1n) is 8.53. The Balaban J connectivity index is 1.66. The minimum Gasteiger partial charge on any atom is -0.467 e. The third-order valence-electron chi connectivity index (χ3n) is 5.26.